The summed E-state index contributed by atoms with van der Waals surface area (Å²) in [5.41, 5.74) is 0. The van der Waals surface area contributed by atoms with Gasteiger partial charge in [-0.15, -0.1) is 0 Å². The van der Waals surface area contributed by atoms with Gasteiger partial charge in [0.2, 0.25) is 0 Å². The third-order valence-corrected chi connectivity index (χ3v) is 2.22. The molecule has 1 N–H and O–H groups in total. The molecule has 15 heavy (non-hydrogen) atoms. The van der Waals surface area contributed by atoms with Crippen LogP contribution in [-0.4, -0.2) is 48.8 Å². The van der Waals surface area contributed by atoms with Gasteiger partial charge in [0.15, 0.2) is 0 Å². The average Bonchev–Trinajstić information content (AvgIpc) is 2.20. The molecule has 90 valence electrons. The Labute approximate surface area is 92.2 Å². The number of ether oxygens (including phenoxy) is 1. The first-order chi connectivity index (χ1) is 7.20. The Balaban J connectivity index is 0.000000336. The summed E-state index contributed by atoms with van der Waals surface area (Å²) in [6, 6.07) is 0. The van der Waals surface area contributed by atoms with Crippen molar-refractivity contribution in [2.45, 2.75) is 33.1 Å². The van der Waals surface area contributed by atoms with Gasteiger partial charge in [0.1, 0.15) is 0 Å². The van der Waals surface area contributed by atoms with Gasteiger partial charge in [0.05, 0.1) is 6.54 Å². The van der Waals surface area contributed by atoms with Crippen molar-refractivity contribution in [3.63, 3.8) is 0 Å². The highest BCUT2D eigenvalue weighted by Gasteiger charge is 2.11. The molecule has 0 saturated carbocycles. The largest absolute Gasteiger partial charge is 0.480 e. The first-order valence-corrected chi connectivity index (χ1v) is 5.72. The van der Waals surface area contributed by atoms with Crippen LogP contribution in [0.2, 0.25) is 0 Å². The number of carboxylic acid groups (broad SMARTS) is 1. The zero-order valence-corrected chi connectivity index (χ0v) is 9.87. The van der Waals surface area contributed by atoms with Gasteiger partial charge >= 0.3 is 5.97 Å². The van der Waals surface area contributed by atoms with E-state index in [-0.39, 0.29) is 6.54 Å². The fraction of sp³-hybridized carbons (Fsp3) is 0.909. The van der Waals surface area contributed by atoms with Gasteiger partial charge in [-0.1, -0.05) is 6.42 Å². The molecule has 0 aromatic rings. The molecular weight excluding hydrogens is 194 g/mol. The lowest BCUT2D eigenvalue weighted by atomic mass is 10.1. The van der Waals surface area contributed by atoms with Gasteiger partial charge in [-0.3, -0.25) is 9.69 Å². The Kier molecular flexibility index (Phi) is 9.52. The second-order valence-electron chi connectivity index (χ2n) is 3.51. The van der Waals surface area contributed by atoms with E-state index in [1.54, 1.807) is 0 Å². The Hall–Kier alpha value is -0.610. The highest BCUT2D eigenvalue weighted by Crippen LogP contribution is 2.07. The minimum Gasteiger partial charge on any atom is -0.480 e. The van der Waals surface area contributed by atoms with E-state index in [2.05, 4.69) is 0 Å². The van der Waals surface area contributed by atoms with E-state index < -0.39 is 5.97 Å². The van der Waals surface area contributed by atoms with E-state index in [4.69, 9.17) is 9.84 Å². The van der Waals surface area contributed by atoms with Crippen molar-refractivity contribution >= 4 is 5.97 Å². The molecule has 0 amide bonds. The molecule has 4 nitrogen and oxygen atoms in total. The number of hydrogen-bond donors (Lipinski definition) is 1. The van der Waals surface area contributed by atoms with Gasteiger partial charge < -0.3 is 9.84 Å². The molecule has 0 unspecified atom stereocenters. The summed E-state index contributed by atoms with van der Waals surface area (Å²) >= 11 is 0. The molecule has 0 aromatic heterocycles. The SMILES string of the molecule is CCOCC.O=C(O)CN1CCCCC1. The maximum absolute atomic E-state index is 10.2. The summed E-state index contributed by atoms with van der Waals surface area (Å²) in [4.78, 5) is 12.2. The number of aliphatic carboxylic acids is 1. The number of carboxylic acids is 1. The summed E-state index contributed by atoms with van der Waals surface area (Å²) in [6.45, 7) is 7.82. The van der Waals surface area contributed by atoms with Crippen LogP contribution in [0.4, 0.5) is 0 Å². The molecule has 0 radical (unpaired) electrons. The van der Waals surface area contributed by atoms with Gasteiger partial charge in [-0.25, -0.2) is 0 Å². The molecule has 1 fully saturated rings. The first kappa shape index (κ1) is 14.4. The van der Waals surface area contributed by atoms with Crippen molar-refractivity contribution in [1.29, 1.82) is 0 Å². The first-order valence-electron chi connectivity index (χ1n) is 5.72. The number of hydrogen-bond acceptors (Lipinski definition) is 3. The van der Waals surface area contributed by atoms with E-state index in [0.717, 1.165) is 39.1 Å². The van der Waals surface area contributed by atoms with E-state index in [0.29, 0.717) is 0 Å². The highest BCUT2D eigenvalue weighted by atomic mass is 16.5. The van der Waals surface area contributed by atoms with Crippen molar-refractivity contribution < 1.29 is 14.6 Å². The minimum absolute atomic E-state index is 0.222. The molecule has 1 aliphatic rings. The average molecular weight is 217 g/mol. The molecule has 1 rings (SSSR count). The number of likely N-dealkylation sites (tertiary alicyclic amines) is 1. The van der Waals surface area contributed by atoms with Crippen LogP contribution in [-0.2, 0) is 9.53 Å². The molecule has 1 aliphatic heterocycles. The predicted octanol–water partition coefficient (Wildman–Crippen LogP) is 1.60. The molecule has 0 aliphatic carbocycles. The van der Waals surface area contributed by atoms with Crippen LogP contribution in [0.25, 0.3) is 0 Å². The predicted molar refractivity (Wildman–Crippen MR) is 60.1 cm³/mol. The van der Waals surface area contributed by atoms with Gasteiger partial charge in [0.25, 0.3) is 0 Å². The topological polar surface area (TPSA) is 49.8 Å². The van der Waals surface area contributed by atoms with Crippen LogP contribution in [0, 0.1) is 0 Å². The Morgan fingerprint density at radius 1 is 1.20 bits per heavy atom. The third-order valence-electron chi connectivity index (χ3n) is 2.22. The van der Waals surface area contributed by atoms with Crippen molar-refractivity contribution in [3.05, 3.63) is 0 Å². The lowest BCUT2D eigenvalue weighted by Crippen LogP contribution is -2.34. The van der Waals surface area contributed by atoms with E-state index in [9.17, 15) is 4.79 Å². The van der Waals surface area contributed by atoms with Crippen LogP contribution in [0.15, 0.2) is 0 Å². The summed E-state index contributed by atoms with van der Waals surface area (Å²) < 4.78 is 4.83. The number of piperidine rings is 1. The minimum atomic E-state index is -0.707. The molecule has 0 spiro atoms. The summed E-state index contributed by atoms with van der Waals surface area (Å²) in [6.07, 6.45) is 3.58. The van der Waals surface area contributed by atoms with Crippen molar-refractivity contribution in [2.24, 2.45) is 0 Å². The lowest BCUT2D eigenvalue weighted by Gasteiger charge is -2.24. The standard InChI is InChI=1S/C7H13NO2.C4H10O/c9-7(10)6-8-4-2-1-3-5-8;1-3-5-4-2/h1-6H2,(H,9,10);3-4H2,1-2H3. The quantitative estimate of drug-likeness (QED) is 0.777. The van der Waals surface area contributed by atoms with Crippen LogP contribution < -0.4 is 0 Å². The normalized spacial score (nSPS) is 16.7. The molecule has 0 aromatic carbocycles. The highest BCUT2D eigenvalue weighted by molar-refractivity contribution is 5.69. The second kappa shape index (κ2) is 9.93. The van der Waals surface area contributed by atoms with Crippen molar-refractivity contribution in [3.8, 4) is 0 Å². The van der Waals surface area contributed by atoms with Crippen LogP contribution in [0.3, 0.4) is 0 Å². The van der Waals surface area contributed by atoms with Crippen LogP contribution in [0.5, 0.6) is 0 Å². The Bertz CT molecular complexity index is 154. The number of nitrogens with zero attached hydrogens (tertiary/aromatic N) is 1. The van der Waals surface area contributed by atoms with Gasteiger partial charge in [-0.05, 0) is 39.8 Å². The summed E-state index contributed by atoms with van der Waals surface area (Å²) in [5.74, 6) is -0.707. The molecule has 1 heterocycles. The zero-order chi connectivity index (χ0) is 11.5. The molecule has 1 saturated heterocycles. The molecular formula is C11H23NO3. The molecule has 4 heteroatoms. The van der Waals surface area contributed by atoms with Crippen LogP contribution >= 0.6 is 0 Å². The Morgan fingerprint density at radius 2 is 1.73 bits per heavy atom. The van der Waals surface area contributed by atoms with E-state index in [1.165, 1.54) is 6.42 Å². The monoisotopic (exact) mass is 217 g/mol. The summed E-state index contributed by atoms with van der Waals surface area (Å²) in [7, 11) is 0. The molecule has 0 bridgehead atoms. The van der Waals surface area contributed by atoms with Gasteiger partial charge in [-0.2, -0.15) is 0 Å². The van der Waals surface area contributed by atoms with E-state index >= 15 is 0 Å². The third kappa shape index (κ3) is 9.69. The smallest absolute Gasteiger partial charge is 0.317 e. The number of rotatable bonds is 4. The van der Waals surface area contributed by atoms with E-state index in [1.807, 2.05) is 18.7 Å². The number of carbonyl (C=O) groups is 1. The fourth-order valence-electron chi connectivity index (χ4n) is 1.51. The maximum Gasteiger partial charge on any atom is 0.317 e. The molecule has 0 atom stereocenters. The maximum atomic E-state index is 10.2. The zero-order valence-electron chi connectivity index (χ0n) is 9.87. The lowest BCUT2D eigenvalue weighted by molar-refractivity contribution is -0.138. The van der Waals surface area contributed by atoms with Crippen molar-refractivity contribution in [2.75, 3.05) is 32.8 Å². The fourth-order valence-corrected chi connectivity index (χ4v) is 1.51. The van der Waals surface area contributed by atoms with Crippen LogP contribution in [0.1, 0.15) is 33.1 Å². The summed E-state index contributed by atoms with van der Waals surface area (Å²) in [5, 5.41) is 8.42. The second-order valence-corrected chi connectivity index (χ2v) is 3.51. The van der Waals surface area contributed by atoms with Gasteiger partial charge in [0, 0.05) is 13.2 Å². The van der Waals surface area contributed by atoms with Crippen molar-refractivity contribution in [1.82, 2.24) is 4.90 Å². The Morgan fingerprint density at radius 3 is 2.07 bits per heavy atom.